The van der Waals surface area contributed by atoms with Gasteiger partial charge in [-0.3, -0.25) is 9.69 Å². The van der Waals surface area contributed by atoms with Crippen LogP contribution in [0.3, 0.4) is 0 Å². The maximum absolute atomic E-state index is 12.2. The number of rotatable bonds is 1. The van der Waals surface area contributed by atoms with Gasteiger partial charge in [-0.25, -0.2) is 9.97 Å². The number of amides is 1. The second-order valence-corrected chi connectivity index (χ2v) is 5.32. The first-order chi connectivity index (χ1) is 9.15. The SMILES string of the molecule is Cc1cnc(N2CCN3CCN(C)C(=O)[C@@H]3C2)nc1. The van der Waals surface area contributed by atoms with Gasteiger partial charge in [-0.1, -0.05) is 0 Å². The number of carbonyl (C=O) groups is 1. The molecule has 1 aromatic rings. The van der Waals surface area contributed by atoms with Crippen LogP contribution in [0, 0.1) is 6.92 Å². The summed E-state index contributed by atoms with van der Waals surface area (Å²) in [4.78, 5) is 27.1. The van der Waals surface area contributed by atoms with E-state index >= 15 is 0 Å². The molecule has 6 heteroatoms. The Morgan fingerprint density at radius 2 is 1.84 bits per heavy atom. The van der Waals surface area contributed by atoms with Crippen molar-refractivity contribution in [3.05, 3.63) is 18.0 Å². The summed E-state index contributed by atoms with van der Waals surface area (Å²) >= 11 is 0. The Kier molecular flexibility index (Phi) is 3.10. The summed E-state index contributed by atoms with van der Waals surface area (Å²) < 4.78 is 0. The molecule has 0 aliphatic carbocycles. The molecule has 2 fully saturated rings. The van der Waals surface area contributed by atoms with Gasteiger partial charge in [0, 0.05) is 52.2 Å². The lowest BCUT2D eigenvalue weighted by molar-refractivity contribution is -0.140. The average Bonchev–Trinajstić information content (AvgIpc) is 2.44. The number of anilines is 1. The number of piperazine rings is 2. The van der Waals surface area contributed by atoms with Crippen molar-refractivity contribution in [3.63, 3.8) is 0 Å². The van der Waals surface area contributed by atoms with Gasteiger partial charge in [-0.2, -0.15) is 0 Å². The molecule has 6 nitrogen and oxygen atoms in total. The largest absolute Gasteiger partial charge is 0.343 e. The molecular weight excluding hydrogens is 242 g/mol. The highest BCUT2D eigenvalue weighted by Crippen LogP contribution is 2.19. The van der Waals surface area contributed by atoms with Crippen LogP contribution in [0.25, 0.3) is 0 Å². The van der Waals surface area contributed by atoms with E-state index in [1.54, 1.807) is 0 Å². The molecule has 0 spiro atoms. The number of fused-ring (bicyclic) bond motifs is 1. The molecule has 1 amide bonds. The Bertz CT molecular complexity index is 474. The molecule has 2 aliphatic heterocycles. The molecule has 1 atom stereocenters. The smallest absolute Gasteiger partial charge is 0.241 e. The van der Waals surface area contributed by atoms with Crippen LogP contribution < -0.4 is 4.90 Å². The topological polar surface area (TPSA) is 52.6 Å². The number of likely N-dealkylation sites (N-methyl/N-ethyl adjacent to an activating group) is 1. The summed E-state index contributed by atoms with van der Waals surface area (Å²) in [6.45, 7) is 6.25. The summed E-state index contributed by atoms with van der Waals surface area (Å²) in [6.07, 6.45) is 3.65. The van der Waals surface area contributed by atoms with Crippen LogP contribution in [-0.4, -0.2) is 71.5 Å². The molecule has 0 N–H and O–H groups in total. The van der Waals surface area contributed by atoms with Crippen LogP contribution in [-0.2, 0) is 4.79 Å². The van der Waals surface area contributed by atoms with Crippen molar-refractivity contribution in [1.29, 1.82) is 0 Å². The van der Waals surface area contributed by atoms with Crippen LogP contribution in [0.4, 0.5) is 5.95 Å². The highest BCUT2D eigenvalue weighted by molar-refractivity contribution is 5.83. The van der Waals surface area contributed by atoms with E-state index in [9.17, 15) is 4.79 Å². The molecule has 102 valence electrons. The number of aryl methyl sites for hydroxylation is 1. The second-order valence-electron chi connectivity index (χ2n) is 5.32. The van der Waals surface area contributed by atoms with Crippen LogP contribution in [0.15, 0.2) is 12.4 Å². The van der Waals surface area contributed by atoms with Crippen molar-refractivity contribution < 1.29 is 4.79 Å². The monoisotopic (exact) mass is 261 g/mol. The fourth-order valence-electron chi connectivity index (χ4n) is 2.70. The number of nitrogens with zero attached hydrogens (tertiary/aromatic N) is 5. The molecule has 0 bridgehead atoms. The molecule has 19 heavy (non-hydrogen) atoms. The molecule has 0 unspecified atom stereocenters. The number of hydrogen-bond donors (Lipinski definition) is 0. The van der Waals surface area contributed by atoms with Crippen molar-refractivity contribution in [2.45, 2.75) is 13.0 Å². The van der Waals surface area contributed by atoms with Crippen LogP contribution >= 0.6 is 0 Å². The third-order valence-corrected chi connectivity index (χ3v) is 3.93. The van der Waals surface area contributed by atoms with Crippen molar-refractivity contribution >= 4 is 11.9 Å². The summed E-state index contributed by atoms with van der Waals surface area (Å²) in [7, 11) is 1.88. The van der Waals surface area contributed by atoms with Crippen LogP contribution in [0.2, 0.25) is 0 Å². The molecule has 0 radical (unpaired) electrons. The second kappa shape index (κ2) is 4.77. The van der Waals surface area contributed by atoms with E-state index in [-0.39, 0.29) is 11.9 Å². The predicted molar refractivity (Wildman–Crippen MR) is 72.0 cm³/mol. The van der Waals surface area contributed by atoms with Gasteiger partial charge in [0.1, 0.15) is 6.04 Å². The van der Waals surface area contributed by atoms with Crippen LogP contribution in [0.1, 0.15) is 5.56 Å². The summed E-state index contributed by atoms with van der Waals surface area (Å²) in [6, 6.07) is -0.0441. The predicted octanol–water partition coefficient (Wildman–Crippen LogP) is -0.252. The normalized spacial score (nSPS) is 24.5. The minimum Gasteiger partial charge on any atom is -0.343 e. The van der Waals surface area contributed by atoms with Crippen molar-refractivity contribution in [3.8, 4) is 0 Å². The van der Waals surface area contributed by atoms with Gasteiger partial charge in [0.15, 0.2) is 0 Å². The maximum Gasteiger partial charge on any atom is 0.241 e. The van der Waals surface area contributed by atoms with Gasteiger partial charge in [0.2, 0.25) is 11.9 Å². The summed E-state index contributed by atoms with van der Waals surface area (Å²) in [5.74, 6) is 0.939. The van der Waals surface area contributed by atoms with Gasteiger partial charge in [-0.05, 0) is 12.5 Å². The zero-order chi connectivity index (χ0) is 13.4. The van der Waals surface area contributed by atoms with E-state index in [0.29, 0.717) is 6.54 Å². The van der Waals surface area contributed by atoms with Crippen molar-refractivity contribution in [2.75, 3.05) is 44.7 Å². The number of carbonyl (C=O) groups excluding carboxylic acids is 1. The number of hydrogen-bond acceptors (Lipinski definition) is 5. The first-order valence-corrected chi connectivity index (χ1v) is 6.68. The minimum atomic E-state index is -0.0441. The van der Waals surface area contributed by atoms with Gasteiger partial charge in [0.05, 0.1) is 0 Å². The van der Waals surface area contributed by atoms with E-state index < -0.39 is 0 Å². The molecule has 3 heterocycles. The first-order valence-electron chi connectivity index (χ1n) is 6.68. The molecule has 0 saturated carbocycles. The lowest BCUT2D eigenvalue weighted by Gasteiger charge is -2.45. The van der Waals surface area contributed by atoms with E-state index in [1.165, 1.54) is 0 Å². The van der Waals surface area contributed by atoms with E-state index in [0.717, 1.165) is 37.7 Å². The Hall–Kier alpha value is -1.69. The zero-order valence-electron chi connectivity index (χ0n) is 11.4. The minimum absolute atomic E-state index is 0.0441. The summed E-state index contributed by atoms with van der Waals surface area (Å²) in [5, 5.41) is 0. The highest BCUT2D eigenvalue weighted by atomic mass is 16.2. The fraction of sp³-hybridized carbons (Fsp3) is 0.615. The molecule has 0 aromatic carbocycles. The lowest BCUT2D eigenvalue weighted by Crippen LogP contribution is -2.64. The molecule has 1 aromatic heterocycles. The zero-order valence-corrected chi connectivity index (χ0v) is 11.4. The lowest BCUT2D eigenvalue weighted by atomic mass is 10.1. The third-order valence-electron chi connectivity index (χ3n) is 3.93. The van der Waals surface area contributed by atoms with E-state index in [2.05, 4.69) is 19.8 Å². The van der Waals surface area contributed by atoms with Gasteiger partial charge in [0.25, 0.3) is 0 Å². The molecule has 3 rings (SSSR count). The Morgan fingerprint density at radius 1 is 1.16 bits per heavy atom. The Morgan fingerprint density at radius 3 is 2.58 bits per heavy atom. The quantitative estimate of drug-likeness (QED) is 0.697. The van der Waals surface area contributed by atoms with E-state index in [1.807, 2.05) is 31.3 Å². The Balaban J connectivity index is 1.76. The van der Waals surface area contributed by atoms with Crippen LogP contribution in [0.5, 0.6) is 0 Å². The first kappa shape index (κ1) is 12.3. The molecule has 2 aliphatic rings. The van der Waals surface area contributed by atoms with E-state index in [4.69, 9.17) is 0 Å². The number of aromatic nitrogens is 2. The average molecular weight is 261 g/mol. The molecular formula is C13H19N5O. The van der Waals surface area contributed by atoms with Gasteiger partial charge < -0.3 is 9.80 Å². The Labute approximate surface area is 113 Å². The standard InChI is InChI=1S/C13H19N5O/c1-10-7-14-13(15-8-10)18-6-5-17-4-3-16(2)12(19)11(17)9-18/h7-8,11H,3-6,9H2,1-2H3/t11-/m0/s1. The van der Waals surface area contributed by atoms with Gasteiger partial charge in [-0.15, -0.1) is 0 Å². The summed E-state index contributed by atoms with van der Waals surface area (Å²) in [5.41, 5.74) is 1.05. The van der Waals surface area contributed by atoms with Gasteiger partial charge >= 0.3 is 0 Å². The highest BCUT2D eigenvalue weighted by Gasteiger charge is 2.37. The van der Waals surface area contributed by atoms with Crippen molar-refractivity contribution in [1.82, 2.24) is 19.8 Å². The molecule has 2 saturated heterocycles. The van der Waals surface area contributed by atoms with Crippen molar-refractivity contribution in [2.24, 2.45) is 0 Å². The maximum atomic E-state index is 12.2. The third kappa shape index (κ3) is 2.28. The fourth-order valence-corrected chi connectivity index (χ4v) is 2.70.